The van der Waals surface area contributed by atoms with Gasteiger partial charge in [0.2, 0.25) is 0 Å². The molecule has 0 saturated heterocycles. The van der Waals surface area contributed by atoms with E-state index in [1.165, 1.54) is 5.56 Å². The van der Waals surface area contributed by atoms with Crippen molar-refractivity contribution in [3.05, 3.63) is 42.2 Å². The van der Waals surface area contributed by atoms with Crippen LogP contribution in [0.15, 0.2) is 41.0 Å². The number of aliphatic hydroxyl groups is 1. The lowest BCUT2D eigenvalue weighted by Gasteiger charge is -2.11. The number of aromatic nitrogens is 2. The number of imidazole rings is 1. The predicted octanol–water partition coefficient (Wildman–Crippen LogP) is 2.86. The summed E-state index contributed by atoms with van der Waals surface area (Å²) < 4.78 is 7.48. The minimum Gasteiger partial charge on any atom is -0.461 e. The number of hydrogen-bond donors (Lipinski definition) is 1. The Labute approximate surface area is 116 Å². The molecule has 0 atom stereocenters. The fourth-order valence-electron chi connectivity index (χ4n) is 2.84. The molecular weight excluding hydrogens is 252 g/mol. The fourth-order valence-corrected chi connectivity index (χ4v) is 2.84. The van der Waals surface area contributed by atoms with Crippen molar-refractivity contribution in [2.75, 3.05) is 6.61 Å². The molecule has 4 heteroatoms. The Bertz CT molecular complexity index is 767. The summed E-state index contributed by atoms with van der Waals surface area (Å²) in [4.78, 5) is 4.68. The van der Waals surface area contributed by atoms with Crippen LogP contribution in [0.5, 0.6) is 0 Å². The second-order valence-corrected chi connectivity index (χ2v) is 5.61. The number of aryl methyl sites for hydroxylation is 1. The zero-order valence-corrected chi connectivity index (χ0v) is 11.3. The fraction of sp³-hybridized carbons (Fsp3) is 0.312. The quantitative estimate of drug-likeness (QED) is 0.794. The molecule has 4 rings (SSSR count). The second kappa shape index (κ2) is 3.96. The van der Waals surface area contributed by atoms with Gasteiger partial charge in [0.25, 0.3) is 0 Å². The van der Waals surface area contributed by atoms with Crippen LogP contribution in [0.25, 0.3) is 22.6 Å². The number of benzene rings is 1. The first-order valence-electron chi connectivity index (χ1n) is 6.85. The average molecular weight is 268 g/mol. The number of furan rings is 1. The van der Waals surface area contributed by atoms with Crippen molar-refractivity contribution in [2.24, 2.45) is 7.05 Å². The maximum Gasteiger partial charge on any atom is 0.176 e. The first-order valence-corrected chi connectivity index (χ1v) is 6.85. The maximum atomic E-state index is 9.55. The molecule has 1 aliphatic rings. The zero-order chi connectivity index (χ0) is 13.7. The monoisotopic (exact) mass is 268 g/mol. The van der Waals surface area contributed by atoms with E-state index in [0.29, 0.717) is 0 Å². The van der Waals surface area contributed by atoms with Gasteiger partial charge in [-0.1, -0.05) is 6.07 Å². The van der Waals surface area contributed by atoms with Crippen LogP contribution in [0.2, 0.25) is 0 Å². The molecule has 2 aromatic heterocycles. The van der Waals surface area contributed by atoms with Crippen LogP contribution in [-0.2, 0) is 12.5 Å². The first-order chi connectivity index (χ1) is 9.73. The smallest absolute Gasteiger partial charge is 0.176 e. The van der Waals surface area contributed by atoms with Crippen LogP contribution in [0.1, 0.15) is 18.4 Å². The van der Waals surface area contributed by atoms with E-state index < -0.39 is 0 Å². The molecule has 102 valence electrons. The molecule has 1 N–H and O–H groups in total. The molecule has 0 aliphatic heterocycles. The van der Waals surface area contributed by atoms with E-state index in [1.54, 1.807) is 6.26 Å². The molecule has 0 radical (unpaired) electrons. The summed E-state index contributed by atoms with van der Waals surface area (Å²) in [5.41, 5.74) is 3.21. The van der Waals surface area contributed by atoms with Crippen LogP contribution in [0, 0.1) is 0 Å². The molecule has 1 aliphatic carbocycles. The molecule has 2 heterocycles. The van der Waals surface area contributed by atoms with Gasteiger partial charge in [0.05, 0.1) is 23.9 Å². The predicted molar refractivity (Wildman–Crippen MR) is 76.4 cm³/mol. The standard InChI is InChI=1S/C16H16N2O2/c1-18-13-5-4-11(16(10-19)6-7-16)9-12(13)17-15(18)14-3-2-8-20-14/h2-5,8-9,19H,6-7,10H2,1H3. The molecule has 0 amide bonds. The van der Waals surface area contributed by atoms with Crippen molar-refractivity contribution in [2.45, 2.75) is 18.3 Å². The molecule has 1 saturated carbocycles. The Balaban J connectivity index is 1.88. The van der Waals surface area contributed by atoms with E-state index in [9.17, 15) is 5.11 Å². The van der Waals surface area contributed by atoms with Gasteiger partial charge in [-0.15, -0.1) is 0 Å². The van der Waals surface area contributed by atoms with Crippen LogP contribution in [0.3, 0.4) is 0 Å². The Morgan fingerprint density at radius 3 is 2.85 bits per heavy atom. The minimum absolute atomic E-state index is 0.0173. The molecule has 4 nitrogen and oxygen atoms in total. The van der Waals surface area contributed by atoms with E-state index in [0.717, 1.165) is 35.5 Å². The van der Waals surface area contributed by atoms with Gasteiger partial charge >= 0.3 is 0 Å². The topological polar surface area (TPSA) is 51.2 Å². The molecule has 0 bridgehead atoms. The van der Waals surface area contributed by atoms with Gasteiger partial charge in [-0.2, -0.15) is 0 Å². The molecule has 0 unspecified atom stereocenters. The summed E-state index contributed by atoms with van der Waals surface area (Å²) in [6.07, 6.45) is 3.78. The van der Waals surface area contributed by atoms with Crippen LogP contribution >= 0.6 is 0 Å². The Morgan fingerprint density at radius 2 is 2.20 bits per heavy atom. The normalized spacial score (nSPS) is 16.7. The third-order valence-electron chi connectivity index (χ3n) is 4.39. The Kier molecular flexibility index (Phi) is 2.32. The van der Waals surface area contributed by atoms with E-state index in [4.69, 9.17) is 4.42 Å². The number of nitrogens with zero attached hydrogens (tertiary/aromatic N) is 2. The summed E-state index contributed by atoms with van der Waals surface area (Å²) in [5.74, 6) is 1.60. The average Bonchev–Trinajstić information content (AvgIpc) is 2.95. The van der Waals surface area contributed by atoms with Crippen LogP contribution < -0.4 is 0 Å². The zero-order valence-electron chi connectivity index (χ0n) is 11.3. The molecule has 1 fully saturated rings. The highest BCUT2D eigenvalue weighted by molar-refractivity contribution is 5.80. The van der Waals surface area contributed by atoms with E-state index >= 15 is 0 Å². The van der Waals surface area contributed by atoms with Crippen molar-refractivity contribution in [1.82, 2.24) is 9.55 Å². The molecular formula is C16H16N2O2. The van der Waals surface area contributed by atoms with Gasteiger partial charge in [-0.05, 0) is 42.7 Å². The van der Waals surface area contributed by atoms with Crippen molar-refractivity contribution in [3.63, 3.8) is 0 Å². The maximum absolute atomic E-state index is 9.55. The van der Waals surface area contributed by atoms with E-state index in [1.807, 2.05) is 23.7 Å². The van der Waals surface area contributed by atoms with Gasteiger partial charge in [0, 0.05) is 12.5 Å². The first kappa shape index (κ1) is 11.7. The van der Waals surface area contributed by atoms with Crippen LogP contribution in [-0.4, -0.2) is 21.3 Å². The van der Waals surface area contributed by atoms with E-state index in [-0.39, 0.29) is 12.0 Å². The Morgan fingerprint density at radius 1 is 1.35 bits per heavy atom. The number of fused-ring (bicyclic) bond motifs is 1. The summed E-state index contributed by atoms with van der Waals surface area (Å²) in [6.45, 7) is 0.219. The van der Waals surface area contributed by atoms with Gasteiger partial charge in [0.1, 0.15) is 0 Å². The van der Waals surface area contributed by atoms with Gasteiger partial charge in [-0.3, -0.25) is 0 Å². The molecule has 20 heavy (non-hydrogen) atoms. The SMILES string of the molecule is Cn1c(-c2ccco2)nc2cc(C3(CO)CC3)ccc21. The molecule has 3 aromatic rings. The minimum atomic E-state index is -0.0173. The van der Waals surface area contributed by atoms with Gasteiger partial charge < -0.3 is 14.1 Å². The highest BCUT2D eigenvalue weighted by Crippen LogP contribution is 2.48. The van der Waals surface area contributed by atoms with Crippen molar-refractivity contribution in [3.8, 4) is 11.6 Å². The molecule has 0 spiro atoms. The second-order valence-electron chi connectivity index (χ2n) is 5.61. The van der Waals surface area contributed by atoms with Gasteiger partial charge in [-0.25, -0.2) is 4.98 Å². The summed E-state index contributed by atoms with van der Waals surface area (Å²) >= 11 is 0. The van der Waals surface area contributed by atoms with Gasteiger partial charge in [0.15, 0.2) is 11.6 Å². The number of hydrogen-bond acceptors (Lipinski definition) is 3. The lowest BCUT2D eigenvalue weighted by atomic mass is 9.97. The van der Waals surface area contributed by atoms with Crippen molar-refractivity contribution >= 4 is 11.0 Å². The summed E-state index contributed by atoms with van der Waals surface area (Å²) in [7, 11) is 1.99. The molecule has 1 aromatic carbocycles. The van der Waals surface area contributed by atoms with Crippen molar-refractivity contribution in [1.29, 1.82) is 0 Å². The van der Waals surface area contributed by atoms with Crippen LogP contribution in [0.4, 0.5) is 0 Å². The number of rotatable bonds is 3. The lowest BCUT2D eigenvalue weighted by Crippen LogP contribution is -2.11. The highest BCUT2D eigenvalue weighted by Gasteiger charge is 2.43. The van der Waals surface area contributed by atoms with Crippen molar-refractivity contribution < 1.29 is 9.52 Å². The highest BCUT2D eigenvalue weighted by atomic mass is 16.3. The number of aliphatic hydroxyl groups excluding tert-OH is 1. The Hall–Kier alpha value is -2.07. The van der Waals surface area contributed by atoms with E-state index in [2.05, 4.69) is 23.2 Å². The third-order valence-corrected chi connectivity index (χ3v) is 4.39. The largest absolute Gasteiger partial charge is 0.461 e. The third kappa shape index (κ3) is 1.55. The summed E-state index contributed by atoms with van der Waals surface area (Å²) in [6, 6.07) is 10.1. The summed E-state index contributed by atoms with van der Waals surface area (Å²) in [5, 5.41) is 9.55. The lowest BCUT2D eigenvalue weighted by molar-refractivity contribution is 0.255.